The number of hydrogen-bond donors (Lipinski definition) is 1. The van der Waals surface area contributed by atoms with Gasteiger partial charge in [-0.2, -0.15) is 5.10 Å². The summed E-state index contributed by atoms with van der Waals surface area (Å²) in [5.74, 6) is 0. The Balaban J connectivity index is 2.26. The summed E-state index contributed by atoms with van der Waals surface area (Å²) >= 11 is 3.48. The number of rotatable bonds is 4. The predicted octanol–water partition coefficient (Wildman–Crippen LogP) is 1.68. The van der Waals surface area contributed by atoms with Gasteiger partial charge < -0.3 is 14.6 Å². The quantitative estimate of drug-likeness (QED) is 0.917. The summed E-state index contributed by atoms with van der Waals surface area (Å²) in [5.41, 5.74) is -0.0235. The van der Waals surface area contributed by atoms with E-state index < -0.39 is 5.60 Å². The summed E-state index contributed by atoms with van der Waals surface area (Å²) in [6.07, 6.45) is 3.89. The average Bonchev–Trinajstić information content (AvgIpc) is 2.58. The van der Waals surface area contributed by atoms with Crippen molar-refractivity contribution in [1.29, 1.82) is 0 Å². The van der Waals surface area contributed by atoms with Crippen molar-refractivity contribution in [3.05, 3.63) is 16.4 Å². The molecule has 6 heteroatoms. The Labute approximate surface area is 115 Å². The fourth-order valence-corrected chi connectivity index (χ4v) is 3.01. The summed E-state index contributed by atoms with van der Waals surface area (Å²) in [7, 11) is 1.66. The van der Waals surface area contributed by atoms with Crippen LogP contribution in [0.25, 0.3) is 0 Å². The van der Waals surface area contributed by atoms with Gasteiger partial charge in [0.05, 0.1) is 29.5 Å². The number of ether oxygens (including phenoxy) is 2. The predicted molar refractivity (Wildman–Crippen MR) is 70.4 cm³/mol. The zero-order valence-electron chi connectivity index (χ0n) is 10.6. The Hall–Kier alpha value is -0.430. The van der Waals surface area contributed by atoms with Crippen LogP contribution in [0, 0.1) is 0 Å². The molecule has 0 bridgehead atoms. The zero-order chi connectivity index (χ0) is 13.0. The van der Waals surface area contributed by atoms with Crippen LogP contribution >= 0.6 is 15.9 Å². The SMILES string of the molecule is COCCn1ncc(Br)c1C1(O)CCCOCC1. The van der Waals surface area contributed by atoms with Gasteiger partial charge >= 0.3 is 0 Å². The van der Waals surface area contributed by atoms with Crippen molar-refractivity contribution in [1.82, 2.24) is 9.78 Å². The van der Waals surface area contributed by atoms with Crippen LogP contribution in [0.5, 0.6) is 0 Å². The third-order valence-corrected chi connectivity index (χ3v) is 3.86. The summed E-state index contributed by atoms with van der Waals surface area (Å²) in [4.78, 5) is 0. The number of hydrogen-bond acceptors (Lipinski definition) is 4. The van der Waals surface area contributed by atoms with Gasteiger partial charge in [-0.05, 0) is 28.8 Å². The molecule has 0 amide bonds. The molecule has 1 saturated heterocycles. The number of nitrogens with zero attached hydrogens (tertiary/aromatic N) is 2. The molecule has 0 aromatic carbocycles. The molecule has 0 spiro atoms. The van der Waals surface area contributed by atoms with Crippen LogP contribution in [0.1, 0.15) is 25.0 Å². The van der Waals surface area contributed by atoms with Crippen molar-refractivity contribution in [3.8, 4) is 0 Å². The van der Waals surface area contributed by atoms with Crippen molar-refractivity contribution >= 4 is 15.9 Å². The first-order valence-electron chi connectivity index (χ1n) is 6.18. The van der Waals surface area contributed by atoms with Crippen LogP contribution in [0.3, 0.4) is 0 Å². The molecular weight excluding hydrogens is 300 g/mol. The molecular formula is C12H19BrN2O3. The molecule has 0 aliphatic carbocycles. The first kappa shape index (κ1) is 14.0. The van der Waals surface area contributed by atoms with Crippen LogP contribution in [0.2, 0.25) is 0 Å². The maximum absolute atomic E-state index is 10.9. The Bertz CT molecular complexity index is 387. The average molecular weight is 319 g/mol. The van der Waals surface area contributed by atoms with Crippen LogP contribution < -0.4 is 0 Å². The van der Waals surface area contributed by atoms with E-state index in [1.54, 1.807) is 13.3 Å². The molecule has 0 radical (unpaired) electrons. The normalized spacial score (nSPS) is 25.1. The van der Waals surface area contributed by atoms with E-state index in [1.165, 1.54) is 0 Å². The second-order valence-corrected chi connectivity index (χ2v) is 5.41. The first-order valence-corrected chi connectivity index (χ1v) is 6.97. The molecule has 0 saturated carbocycles. The maximum atomic E-state index is 10.9. The van der Waals surface area contributed by atoms with Crippen LogP contribution in [0.15, 0.2) is 10.7 Å². The highest BCUT2D eigenvalue weighted by Crippen LogP contribution is 2.36. The Morgan fingerprint density at radius 3 is 3.17 bits per heavy atom. The summed E-state index contributed by atoms with van der Waals surface area (Å²) in [6, 6.07) is 0. The molecule has 1 aromatic heterocycles. The smallest absolute Gasteiger partial charge is 0.110 e. The minimum atomic E-state index is -0.862. The Morgan fingerprint density at radius 1 is 1.56 bits per heavy atom. The van der Waals surface area contributed by atoms with E-state index in [0.29, 0.717) is 39.2 Å². The molecule has 1 atom stereocenters. The van der Waals surface area contributed by atoms with Gasteiger partial charge in [-0.25, -0.2) is 0 Å². The molecule has 1 aliphatic heterocycles. The largest absolute Gasteiger partial charge is 0.383 e. The number of aliphatic hydroxyl groups is 1. The monoisotopic (exact) mass is 318 g/mol. The standard InChI is InChI=1S/C12H19BrN2O3/c1-17-8-5-15-11(10(13)9-14-15)12(16)3-2-6-18-7-4-12/h9,16H,2-8H2,1H3. The second kappa shape index (κ2) is 6.14. The van der Waals surface area contributed by atoms with Gasteiger partial charge in [-0.3, -0.25) is 4.68 Å². The molecule has 1 aliphatic rings. The maximum Gasteiger partial charge on any atom is 0.110 e. The number of aromatic nitrogens is 2. The summed E-state index contributed by atoms with van der Waals surface area (Å²) in [5, 5.41) is 15.2. The Kier molecular flexibility index (Phi) is 4.77. The van der Waals surface area contributed by atoms with E-state index in [0.717, 1.165) is 16.6 Å². The molecule has 1 fully saturated rings. The molecule has 5 nitrogen and oxygen atoms in total. The van der Waals surface area contributed by atoms with Gasteiger partial charge in [0.25, 0.3) is 0 Å². The van der Waals surface area contributed by atoms with Crippen molar-refractivity contribution in [2.45, 2.75) is 31.4 Å². The van der Waals surface area contributed by atoms with Crippen LogP contribution in [-0.4, -0.2) is 41.8 Å². The van der Waals surface area contributed by atoms with Gasteiger partial charge in [0.15, 0.2) is 0 Å². The van der Waals surface area contributed by atoms with Crippen LogP contribution in [-0.2, 0) is 21.6 Å². The second-order valence-electron chi connectivity index (χ2n) is 4.55. The molecule has 1 unspecified atom stereocenters. The minimum Gasteiger partial charge on any atom is -0.383 e. The summed E-state index contributed by atoms with van der Waals surface area (Å²) in [6.45, 7) is 2.51. The molecule has 1 aromatic rings. The van der Waals surface area contributed by atoms with Gasteiger partial charge in [0.1, 0.15) is 5.60 Å². The first-order chi connectivity index (χ1) is 8.67. The van der Waals surface area contributed by atoms with E-state index in [2.05, 4.69) is 21.0 Å². The van der Waals surface area contributed by atoms with E-state index >= 15 is 0 Å². The summed E-state index contributed by atoms with van der Waals surface area (Å²) < 4.78 is 13.2. The van der Waals surface area contributed by atoms with Gasteiger partial charge in [-0.1, -0.05) is 0 Å². The van der Waals surface area contributed by atoms with E-state index in [-0.39, 0.29) is 0 Å². The van der Waals surface area contributed by atoms with E-state index in [9.17, 15) is 5.11 Å². The lowest BCUT2D eigenvalue weighted by atomic mass is 9.91. The highest BCUT2D eigenvalue weighted by Gasteiger charge is 2.35. The van der Waals surface area contributed by atoms with E-state index in [1.807, 2.05) is 4.68 Å². The van der Waals surface area contributed by atoms with Gasteiger partial charge in [-0.15, -0.1) is 0 Å². The molecule has 2 heterocycles. The highest BCUT2D eigenvalue weighted by molar-refractivity contribution is 9.10. The molecule has 18 heavy (non-hydrogen) atoms. The lowest BCUT2D eigenvalue weighted by Crippen LogP contribution is -2.30. The lowest BCUT2D eigenvalue weighted by molar-refractivity contribution is 0.00451. The molecule has 2 rings (SSSR count). The van der Waals surface area contributed by atoms with Crippen LogP contribution in [0.4, 0.5) is 0 Å². The Morgan fingerprint density at radius 2 is 2.39 bits per heavy atom. The minimum absolute atomic E-state index is 0.577. The molecule has 102 valence electrons. The number of methoxy groups -OCH3 is 1. The third-order valence-electron chi connectivity index (χ3n) is 3.28. The third kappa shape index (κ3) is 2.93. The highest BCUT2D eigenvalue weighted by atomic mass is 79.9. The van der Waals surface area contributed by atoms with Crippen molar-refractivity contribution in [2.24, 2.45) is 0 Å². The van der Waals surface area contributed by atoms with Crippen molar-refractivity contribution in [2.75, 3.05) is 26.9 Å². The lowest BCUT2D eigenvalue weighted by Gasteiger charge is -2.27. The van der Waals surface area contributed by atoms with Gasteiger partial charge in [0.2, 0.25) is 0 Å². The molecule has 1 N–H and O–H groups in total. The fraction of sp³-hybridized carbons (Fsp3) is 0.750. The van der Waals surface area contributed by atoms with E-state index in [4.69, 9.17) is 9.47 Å². The topological polar surface area (TPSA) is 56.5 Å². The zero-order valence-corrected chi connectivity index (χ0v) is 12.1. The fourth-order valence-electron chi connectivity index (χ4n) is 2.34. The van der Waals surface area contributed by atoms with Crippen molar-refractivity contribution in [3.63, 3.8) is 0 Å². The number of halogens is 1. The van der Waals surface area contributed by atoms with Crippen molar-refractivity contribution < 1.29 is 14.6 Å². The van der Waals surface area contributed by atoms with Gasteiger partial charge in [0, 0.05) is 26.7 Å².